The lowest BCUT2D eigenvalue weighted by Crippen LogP contribution is -2.44. The van der Waals surface area contributed by atoms with Crippen molar-refractivity contribution in [2.45, 2.75) is 6.92 Å². The summed E-state index contributed by atoms with van der Waals surface area (Å²) in [6, 6.07) is 14.4. The number of nitrogens with zero attached hydrogens (tertiary/aromatic N) is 2. The van der Waals surface area contributed by atoms with Gasteiger partial charge in [-0.2, -0.15) is 5.10 Å². The van der Waals surface area contributed by atoms with Crippen LogP contribution in [-0.2, 0) is 9.59 Å². The molecule has 0 unspecified atom stereocenters. The Bertz CT molecular complexity index is 818. The van der Waals surface area contributed by atoms with E-state index in [1.165, 1.54) is 11.1 Å². The van der Waals surface area contributed by atoms with Crippen LogP contribution in [-0.4, -0.2) is 37.8 Å². The first-order chi connectivity index (χ1) is 12.7. The molecule has 1 heterocycles. The van der Waals surface area contributed by atoms with Gasteiger partial charge < -0.3 is 9.47 Å². The van der Waals surface area contributed by atoms with Crippen molar-refractivity contribution in [3.05, 3.63) is 54.1 Å². The first kappa shape index (κ1) is 17.5. The van der Waals surface area contributed by atoms with Gasteiger partial charge in [-0.1, -0.05) is 12.1 Å². The van der Waals surface area contributed by atoms with Gasteiger partial charge in [0.15, 0.2) is 6.61 Å². The highest BCUT2D eigenvalue weighted by Gasteiger charge is 2.26. The fourth-order valence-corrected chi connectivity index (χ4v) is 2.50. The number of rotatable bonds is 6. The Labute approximate surface area is 151 Å². The number of carbonyl (C=O) groups excluding carboxylic acids is 2. The van der Waals surface area contributed by atoms with E-state index in [-0.39, 0.29) is 19.1 Å². The van der Waals surface area contributed by atoms with Crippen LogP contribution < -0.4 is 19.8 Å². The number of ether oxygens (including phenoxy) is 2. The number of amides is 2. The molecule has 0 spiro atoms. The van der Waals surface area contributed by atoms with Crippen molar-refractivity contribution in [1.29, 1.82) is 0 Å². The zero-order chi connectivity index (χ0) is 18.4. The number of hydrogen-bond acceptors (Lipinski definition) is 5. The highest BCUT2D eigenvalue weighted by molar-refractivity contribution is 6.02. The lowest BCUT2D eigenvalue weighted by Gasteiger charge is -2.28. The van der Waals surface area contributed by atoms with Crippen molar-refractivity contribution in [3.8, 4) is 11.5 Å². The summed E-state index contributed by atoms with van der Waals surface area (Å²) >= 11 is 0. The summed E-state index contributed by atoms with van der Waals surface area (Å²) in [6.45, 7) is 2.31. The number of nitrogens with one attached hydrogen (secondary N) is 1. The Morgan fingerprint density at radius 1 is 1.27 bits per heavy atom. The van der Waals surface area contributed by atoms with Crippen molar-refractivity contribution < 1.29 is 19.1 Å². The van der Waals surface area contributed by atoms with Gasteiger partial charge in [0.25, 0.3) is 11.8 Å². The molecular formula is C19H19N3O4. The normalized spacial score (nSPS) is 13.3. The van der Waals surface area contributed by atoms with Crippen LogP contribution >= 0.6 is 0 Å². The molecule has 134 valence electrons. The fraction of sp³-hybridized carbons (Fsp3) is 0.211. The van der Waals surface area contributed by atoms with Crippen LogP contribution in [0.5, 0.6) is 11.5 Å². The van der Waals surface area contributed by atoms with Gasteiger partial charge in [0, 0.05) is 0 Å². The molecule has 2 aromatic carbocycles. The molecule has 0 fully saturated rings. The molecule has 2 aromatic rings. The SMILES string of the molecule is CCOc1ccc(/C=N\NC(=O)CN2C(=O)COc3ccccc32)cc1. The summed E-state index contributed by atoms with van der Waals surface area (Å²) in [5, 5.41) is 3.93. The highest BCUT2D eigenvalue weighted by Crippen LogP contribution is 2.31. The molecule has 0 bridgehead atoms. The lowest BCUT2D eigenvalue weighted by molar-refractivity contribution is -0.125. The summed E-state index contributed by atoms with van der Waals surface area (Å²) < 4.78 is 10.7. The maximum atomic E-state index is 12.1. The van der Waals surface area contributed by atoms with E-state index >= 15 is 0 Å². The molecule has 0 saturated heterocycles. The van der Waals surface area contributed by atoms with E-state index < -0.39 is 5.91 Å². The van der Waals surface area contributed by atoms with Gasteiger partial charge in [0.05, 0.1) is 18.5 Å². The molecule has 7 heteroatoms. The van der Waals surface area contributed by atoms with Gasteiger partial charge in [-0.25, -0.2) is 5.43 Å². The summed E-state index contributed by atoms with van der Waals surface area (Å²) in [7, 11) is 0. The van der Waals surface area contributed by atoms with Gasteiger partial charge in [-0.15, -0.1) is 0 Å². The zero-order valence-corrected chi connectivity index (χ0v) is 14.3. The Morgan fingerprint density at radius 2 is 2.04 bits per heavy atom. The number of anilines is 1. The molecule has 3 rings (SSSR count). The Balaban J connectivity index is 1.58. The van der Waals surface area contributed by atoms with Crippen molar-refractivity contribution >= 4 is 23.7 Å². The van der Waals surface area contributed by atoms with Crippen molar-refractivity contribution in [1.82, 2.24) is 5.43 Å². The number of hydrazone groups is 1. The summed E-state index contributed by atoms with van der Waals surface area (Å²) in [5.74, 6) is 0.697. The Kier molecular flexibility index (Phi) is 5.48. The minimum Gasteiger partial charge on any atom is -0.494 e. The highest BCUT2D eigenvalue weighted by atomic mass is 16.5. The van der Waals surface area contributed by atoms with E-state index in [1.807, 2.05) is 37.3 Å². The predicted molar refractivity (Wildman–Crippen MR) is 97.6 cm³/mol. The molecule has 0 aromatic heterocycles. The summed E-state index contributed by atoms with van der Waals surface area (Å²) in [6.07, 6.45) is 1.53. The number of benzene rings is 2. The summed E-state index contributed by atoms with van der Waals surface area (Å²) in [4.78, 5) is 25.5. The van der Waals surface area contributed by atoms with Crippen molar-refractivity contribution in [2.24, 2.45) is 5.10 Å². The average molecular weight is 353 g/mol. The molecule has 7 nitrogen and oxygen atoms in total. The van der Waals surface area contributed by atoms with Crippen LogP contribution in [0.15, 0.2) is 53.6 Å². The Morgan fingerprint density at radius 3 is 2.81 bits per heavy atom. The third-order valence-electron chi connectivity index (χ3n) is 3.70. The van der Waals surface area contributed by atoms with E-state index in [2.05, 4.69) is 10.5 Å². The molecule has 0 radical (unpaired) electrons. The van der Waals surface area contributed by atoms with E-state index in [9.17, 15) is 9.59 Å². The van der Waals surface area contributed by atoms with Crippen LogP contribution in [0.2, 0.25) is 0 Å². The van der Waals surface area contributed by atoms with Gasteiger partial charge >= 0.3 is 0 Å². The van der Waals surface area contributed by atoms with Gasteiger partial charge in [-0.05, 0) is 48.9 Å². The lowest BCUT2D eigenvalue weighted by atomic mass is 10.2. The second-order valence-electron chi connectivity index (χ2n) is 5.53. The standard InChI is InChI=1S/C19H19N3O4/c1-2-25-15-9-7-14(8-10-15)11-20-21-18(23)12-22-16-5-3-4-6-17(16)26-13-19(22)24/h3-11H,2,12-13H2,1H3,(H,21,23)/b20-11-. The van der Waals surface area contributed by atoms with E-state index in [4.69, 9.17) is 9.47 Å². The summed E-state index contributed by atoms with van der Waals surface area (Å²) in [5.41, 5.74) is 3.83. The maximum absolute atomic E-state index is 12.1. The van der Waals surface area contributed by atoms with E-state index in [0.29, 0.717) is 18.0 Å². The van der Waals surface area contributed by atoms with Crippen LogP contribution in [0.4, 0.5) is 5.69 Å². The van der Waals surface area contributed by atoms with Crippen LogP contribution in [0.25, 0.3) is 0 Å². The molecule has 26 heavy (non-hydrogen) atoms. The second-order valence-corrected chi connectivity index (χ2v) is 5.53. The van der Waals surface area contributed by atoms with Gasteiger partial charge in [0.1, 0.15) is 18.0 Å². The van der Waals surface area contributed by atoms with Crippen molar-refractivity contribution in [3.63, 3.8) is 0 Å². The smallest absolute Gasteiger partial charge is 0.265 e. The third-order valence-corrected chi connectivity index (χ3v) is 3.70. The van der Waals surface area contributed by atoms with Crippen LogP contribution in [0.1, 0.15) is 12.5 Å². The van der Waals surface area contributed by atoms with E-state index in [0.717, 1.165) is 11.3 Å². The first-order valence-electron chi connectivity index (χ1n) is 8.24. The Hall–Kier alpha value is -3.35. The number of fused-ring (bicyclic) bond motifs is 1. The first-order valence-corrected chi connectivity index (χ1v) is 8.24. The largest absolute Gasteiger partial charge is 0.494 e. The predicted octanol–water partition coefficient (Wildman–Crippen LogP) is 1.96. The van der Waals surface area contributed by atoms with Gasteiger partial charge in [0.2, 0.25) is 0 Å². The molecule has 0 aliphatic carbocycles. The van der Waals surface area contributed by atoms with Crippen LogP contribution in [0, 0.1) is 0 Å². The number of carbonyl (C=O) groups is 2. The topological polar surface area (TPSA) is 80.2 Å². The second kappa shape index (κ2) is 8.15. The monoisotopic (exact) mass is 353 g/mol. The fourth-order valence-electron chi connectivity index (χ4n) is 2.50. The quantitative estimate of drug-likeness (QED) is 0.636. The average Bonchev–Trinajstić information content (AvgIpc) is 2.66. The van der Waals surface area contributed by atoms with E-state index in [1.54, 1.807) is 18.2 Å². The van der Waals surface area contributed by atoms with Gasteiger partial charge in [-0.3, -0.25) is 14.5 Å². The van der Waals surface area contributed by atoms with Crippen molar-refractivity contribution in [2.75, 3.05) is 24.7 Å². The molecule has 1 aliphatic rings. The zero-order valence-electron chi connectivity index (χ0n) is 14.3. The molecule has 0 saturated carbocycles. The molecule has 0 atom stereocenters. The maximum Gasteiger partial charge on any atom is 0.265 e. The minimum atomic E-state index is -0.391. The molecule has 1 aliphatic heterocycles. The molecule has 2 amide bonds. The number of para-hydroxylation sites is 2. The third kappa shape index (κ3) is 4.18. The minimum absolute atomic E-state index is 0.0836. The molecule has 1 N–H and O–H groups in total. The number of hydrogen-bond donors (Lipinski definition) is 1. The molecular weight excluding hydrogens is 334 g/mol. The van der Waals surface area contributed by atoms with Crippen LogP contribution in [0.3, 0.4) is 0 Å².